The number of benzene rings is 1. The molecule has 0 spiro atoms. The maximum atomic E-state index is 13.6. The first-order chi connectivity index (χ1) is 14.7. The van der Waals surface area contributed by atoms with E-state index in [1.54, 1.807) is 4.57 Å². The Morgan fingerprint density at radius 2 is 1.87 bits per heavy atom. The number of fused-ring (bicyclic) bond motifs is 4. The van der Waals surface area contributed by atoms with Crippen LogP contribution in [0.2, 0.25) is 0 Å². The van der Waals surface area contributed by atoms with Crippen molar-refractivity contribution in [2.45, 2.75) is 65.1 Å². The average Bonchev–Trinajstić information content (AvgIpc) is 3.36. The molecule has 7 heteroatoms. The van der Waals surface area contributed by atoms with Gasteiger partial charge in [-0.05, 0) is 38.3 Å². The molecular formula is C23H27N5O2. The molecule has 3 aromatic heterocycles. The summed E-state index contributed by atoms with van der Waals surface area (Å²) in [5, 5.41) is 0.573. The van der Waals surface area contributed by atoms with Gasteiger partial charge in [-0.15, -0.1) is 0 Å². The van der Waals surface area contributed by atoms with Gasteiger partial charge in [0.25, 0.3) is 5.56 Å². The van der Waals surface area contributed by atoms with Crippen molar-refractivity contribution in [1.82, 2.24) is 24.1 Å². The zero-order valence-electron chi connectivity index (χ0n) is 17.6. The number of aryl methyl sites for hydroxylation is 2. The van der Waals surface area contributed by atoms with Crippen molar-refractivity contribution in [3.8, 4) is 0 Å². The minimum absolute atomic E-state index is 0.0446. The third-order valence-electron chi connectivity index (χ3n) is 6.04. The van der Waals surface area contributed by atoms with Gasteiger partial charge >= 0.3 is 0 Å². The third-order valence-corrected chi connectivity index (χ3v) is 6.04. The highest BCUT2D eigenvalue weighted by atomic mass is 16.5. The molecule has 30 heavy (non-hydrogen) atoms. The molecule has 4 heterocycles. The standard InChI is InChI=1S/C23H27N5O2/c1-3-4-7-12-27-21-19(20-22(27)26-18-11-6-5-10-17(18)25-20)23(29)28(15(2)24-21)14-16-9-8-13-30-16/h5-6,10-11,16H,3-4,7-9,12-14H2,1-2H3/t16-/m0/s1. The molecular weight excluding hydrogens is 378 g/mol. The minimum atomic E-state index is -0.0446. The highest BCUT2D eigenvalue weighted by Crippen LogP contribution is 2.26. The van der Waals surface area contributed by atoms with Gasteiger partial charge in [0.05, 0.1) is 23.7 Å². The maximum absolute atomic E-state index is 13.6. The molecule has 4 aromatic rings. The highest BCUT2D eigenvalue weighted by Gasteiger charge is 2.23. The van der Waals surface area contributed by atoms with Crippen LogP contribution in [0.25, 0.3) is 33.2 Å². The molecule has 156 valence electrons. The van der Waals surface area contributed by atoms with Crippen LogP contribution < -0.4 is 5.56 Å². The molecule has 0 unspecified atom stereocenters. The Kier molecular flexibility index (Phi) is 4.98. The number of aromatic nitrogens is 5. The van der Waals surface area contributed by atoms with E-state index in [9.17, 15) is 4.79 Å². The fourth-order valence-electron chi connectivity index (χ4n) is 4.44. The highest BCUT2D eigenvalue weighted by molar-refractivity contribution is 6.04. The molecule has 0 amide bonds. The van der Waals surface area contributed by atoms with E-state index < -0.39 is 0 Å². The van der Waals surface area contributed by atoms with E-state index in [4.69, 9.17) is 19.7 Å². The van der Waals surface area contributed by atoms with Crippen LogP contribution in [0.5, 0.6) is 0 Å². The lowest BCUT2D eigenvalue weighted by Crippen LogP contribution is -2.29. The minimum Gasteiger partial charge on any atom is -0.376 e. The molecule has 0 N–H and O–H groups in total. The summed E-state index contributed by atoms with van der Waals surface area (Å²) < 4.78 is 9.62. The SMILES string of the molecule is CCCCCn1c2nc3ccccc3nc2c2c(=O)n(C[C@@H]3CCCO3)c(C)nc21. The van der Waals surface area contributed by atoms with Crippen LogP contribution in [-0.2, 0) is 17.8 Å². The number of unbranched alkanes of at least 4 members (excludes halogenated alkanes) is 2. The molecule has 1 atom stereocenters. The smallest absolute Gasteiger partial charge is 0.265 e. The second-order valence-corrected chi connectivity index (χ2v) is 8.15. The Hall–Kier alpha value is -2.80. The van der Waals surface area contributed by atoms with Gasteiger partial charge in [-0.1, -0.05) is 31.9 Å². The van der Waals surface area contributed by atoms with E-state index in [1.165, 1.54) is 0 Å². The molecule has 0 bridgehead atoms. The van der Waals surface area contributed by atoms with Crippen molar-refractivity contribution in [1.29, 1.82) is 0 Å². The molecule has 1 saturated heterocycles. The molecule has 1 aliphatic heterocycles. The van der Waals surface area contributed by atoms with Crippen LogP contribution in [0.3, 0.4) is 0 Å². The number of hydrogen-bond acceptors (Lipinski definition) is 5. The van der Waals surface area contributed by atoms with E-state index in [2.05, 4.69) is 11.5 Å². The second-order valence-electron chi connectivity index (χ2n) is 8.15. The summed E-state index contributed by atoms with van der Waals surface area (Å²) in [6.45, 7) is 6.18. The Morgan fingerprint density at radius 1 is 1.07 bits per heavy atom. The lowest BCUT2D eigenvalue weighted by atomic mass is 10.2. The van der Waals surface area contributed by atoms with Crippen molar-refractivity contribution in [2.75, 3.05) is 6.61 Å². The van der Waals surface area contributed by atoms with E-state index in [1.807, 2.05) is 31.2 Å². The van der Waals surface area contributed by atoms with Gasteiger partial charge < -0.3 is 9.30 Å². The van der Waals surface area contributed by atoms with Gasteiger partial charge in [-0.25, -0.2) is 15.0 Å². The van der Waals surface area contributed by atoms with E-state index in [-0.39, 0.29) is 11.7 Å². The van der Waals surface area contributed by atoms with Gasteiger partial charge in [0.2, 0.25) is 0 Å². The summed E-state index contributed by atoms with van der Waals surface area (Å²) in [5.74, 6) is 0.715. The van der Waals surface area contributed by atoms with E-state index >= 15 is 0 Å². The Morgan fingerprint density at radius 3 is 2.60 bits per heavy atom. The molecule has 1 fully saturated rings. The average molecular weight is 406 g/mol. The van der Waals surface area contributed by atoms with Crippen LogP contribution in [0, 0.1) is 6.92 Å². The predicted octanol–water partition coefficient (Wildman–Crippen LogP) is 3.97. The first-order valence-electron chi connectivity index (χ1n) is 10.9. The molecule has 0 aliphatic carbocycles. The van der Waals surface area contributed by atoms with Crippen molar-refractivity contribution in [2.24, 2.45) is 0 Å². The number of nitrogens with zero attached hydrogens (tertiary/aromatic N) is 5. The van der Waals surface area contributed by atoms with Gasteiger partial charge in [0.15, 0.2) is 11.3 Å². The molecule has 0 saturated carbocycles. The first-order valence-corrected chi connectivity index (χ1v) is 10.9. The predicted molar refractivity (Wildman–Crippen MR) is 118 cm³/mol. The molecule has 1 aliphatic rings. The number of rotatable bonds is 6. The van der Waals surface area contributed by atoms with Crippen molar-refractivity contribution in [3.05, 3.63) is 40.4 Å². The summed E-state index contributed by atoms with van der Waals surface area (Å²) in [6.07, 6.45) is 5.37. The number of hydrogen-bond donors (Lipinski definition) is 0. The lowest BCUT2D eigenvalue weighted by molar-refractivity contribution is 0.0955. The van der Waals surface area contributed by atoms with E-state index in [0.29, 0.717) is 28.9 Å². The quantitative estimate of drug-likeness (QED) is 0.454. The second kappa shape index (κ2) is 7.80. The fraction of sp³-hybridized carbons (Fsp3) is 0.478. The zero-order valence-corrected chi connectivity index (χ0v) is 17.6. The summed E-state index contributed by atoms with van der Waals surface area (Å²) in [5.41, 5.74) is 3.68. The third kappa shape index (κ3) is 3.17. The topological polar surface area (TPSA) is 74.8 Å². The molecule has 7 nitrogen and oxygen atoms in total. The Labute approximate surface area is 174 Å². The van der Waals surface area contributed by atoms with Gasteiger partial charge in [-0.3, -0.25) is 9.36 Å². The molecule has 5 rings (SSSR count). The fourth-order valence-corrected chi connectivity index (χ4v) is 4.44. The van der Waals surface area contributed by atoms with Crippen molar-refractivity contribution >= 4 is 33.2 Å². The molecule has 1 aromatic carbocycles. The van der Waals surface area contributed by atoms with Gasteiger partial charge in [0.1, 0.15) is 16.7 Å². The normalized spacial score (nSPS) is 16.9. The van der Waals surface area contributed by atoms with Crippen molar-refractivity contribution in [3.63, 3.8) is 0 Å². The Bertz CT molecular complexity index is 1280. The van der Waals surface area contributed by atoms with Crippen LogP contribution in [-0.4, -0.2) is 36.8 Å². The first kappa shape index (κ1) is 19.2. The summed E-state index contributed by atoms with van der Waals surface area (Å²) in [7, 11) is 0. The monoisotopic (exact) mass is 405 g/mol. The maximum Gasteiger partial charge on any atom is 0.265 e. The Balaban J connectivity index is 1.77. The van der Waals surface area contributed by atoms with Gasteiger partial charge in [-0.2, -0.15) is 0 Å². The van der Waals surface area contributed by atoms with Crippen LogP contribution in [0.1, 0.15) is 44.9 Å². The number of para-hydroxylation sites is 2. The van der Waals surface area contributed by atoms with Crippen LogP contribution >= 0.6 is 0 Å². The summed E-state index contributed by atoms with van der Waals surface area (Å²) in [6, 6.07) is 7.81. The van der Waals surface area contributed by atoms with Crippen LogP contribution in [0.15, 0.2) is 29.1 Å². The summed E-state index contributed by atoms with van der Waals surface area (Å²) >= 11 is 0. The van der Waals surface area contributed by atoms with E-state index in [0.717, 1.165) is 61.9 Å². The molecule has 0 radical (unpaired) electrons. The van der Waals surface area contributed by atoms with Gasteiger partial charge in [0, 0.05) is 13.2 Å². The van der Waals surface area contributed by atoms with Crippen molar-refractivity contribution < 1.29 is 4.74 Å². The lowest BCUT2D eigenvalue weighted by Gasteiger charge is -2.14. The largest absolute Gasteiger partial charge is 0.376 e. The summed E-state index contributed by atoms with van der Waals surface area (Å²) in [4.78, 5) is 28.2. The zero-order chi connectivity index (χ0) is 20.7. The number of ether oxygens (including phenoxy) is 1. The van der Waals surface area contributed by atoms with Crippen LogP contribution in [0.4, 0.5) is 0 Å².